The van der Waals surface area contributed by atoms with Gasteiger partial charge in [0.2, 0.25) is 0 Å². The Kier molecular flexibility index (Phi) is 5.94. The molecule has 0 spiro atoms. The van der Waals surface area contributed by atoms with Gasteiger partial charge >= 0.3 is 0 Å². The Morgan fingerprint density at radius 2 is 1.90 bits per heavy atom. The highest BCUT2D eigenvalue weighted by molar-refractivity contribution is 5.84. The molecule has 31 heavy (non-hydrogen) atoms. The molecule has 6 heteroatoms. The van der Waals surface area contributed by atoms with Crippen molar-refractivity contribution in [3.8, 4) is 29.1 Å². The SMILES string of the molecule is CC1(C)Cc2cccc(OCC(=O)NCC#CCOc3cccc4cccnc34)c2O1. The molecule has 3 aromatic rings. The molecule has 2 heterocycles. The lowest BCUT2D eigenvalue weighted by Gasteiger charge is -2.18. The molecule has 0 radical (unpaired) electrons. The molecule has 0 aliphatic carbocycles. The maximum Gasteiger partial charge on any atom is 0.258 e. The summed E-state index contributed by atoms with van der Waals surface area (Å²) in [5.74, 6) is 7.52. The molecule has 0 saturated heterocycles. The van der Waals surface area contributed by atoms with Crippen LogP contribution in [0.4, 0.5) is 0 Å². The molecule has 0 atom stereocenters. The summed E-state index contributed by atoms with van der Waals surface area (Å²) in [5, 5.41) is 3.73. The van der Waals surface area contributed by atoms with Crippen LogP contribution in [0.2, 0.25) is 0 Å². The first-order valence-electron chi connectivity index (χ1n) is 10.1. The average Bonchev–Trinajstić information content (AvgIpc) is 3.09. The minimum absolute atomic E-state index is 0.0971. The summed E-state index contributed by atoms with van der Waals surface area (Å²) in [5.41, 5.74) is 1.64. The van der Waals surface area contributed by atoms with Crippen molar-refractivity contribution in [3.05, 3.63) is 60.3 Å². The Morgan fingerprint density at radius 3 is 2.81 bits per heavy atom. The smallest absolute Gasteiger partial charge is 0.258 e. The van der Waals surface area contributed by atoms with Crippen molar-refractivity contribution in [1.82, 2.24) is 10.3 Å². The van der Waals surface area contributed by atoms with Gasteiger partial charge in [-0.05, 0) is 32.0 Å². The number of benzene rings is 2. The number of para-hydroxylation sites is 2. The Hall–Kier alpha value is -3.72. The molecule has 0 saturated carbocycles. The lowest BCUT2D eigenvalue weighted by molar-refractivity contribution is -0.122. The third-order valence-electron chi connectivity index (χ3n) is 4.81. The largest absolute Gasteiger partial charge is 0.483 e. The van der Waals surface area contributed by atoms with E-state index >= 15 is 0 Å². The number of nitrogens with zero attached hydrogens (tertiary/aromatic N) is 1. The molecular weight excluding hydrogens is 392 g/mol. The summed E-state index contributed by atoms with van der Waals surface area (Å²) in [6.45, 7) is 4.40. The number of carbonyl (C=O) groups is 1. The Balaban J connectivity index is 1.22. The molecule has 0 unspecified atom stereocenters. The van der Waals surface area contributed by atoms with Gasteiger partial charge in [0.05, 0.1) is 6.54 Å². The summed E-state index contributed by atoms with van der Waals surface area (Å²) in [6, 6.07) is 15.4. The summed E-state index contributed by atoms with van der Waals surface area (Å²) >= 11 is 0. The highest BCUT2D eigenvalue weighted by atomic mass is 16.5. The molecule has 1 N–H and O–H groups in total. The van der Waals surface area contributed by atoms with Gasteiger partial charge in [-0.1, -0.05) is 42.2 Å². The van der Waals surface area contributed by atoms with Crippen LogP contribution in [0.15, 0.2) is 54.7 Å². The summed E-state index contributed by atoms with van der Waals surface area (Å²) in [7, 11) is 0. The number of hydrogen-bond donors (Lipinski definition) is 1. The van der Waals surface area contributed by atoms with E-state index in [-0.39, 0.29) is 31.3 Å². The van der Waals surface area contributed by atoms with E-state index in [2.05, 4.69) is 22.1 Å². The molecule has 1 aliphatic rings. The monoisotopic (exact) mass is 416 g/mol. The second-order valence-electron chi connectivity index (χ2n) is 7.82. The van der Waals surface area contributed by atoms with Crippen LogP contribution in [-0.4, -0.2) is 36.3 Å². The van der Waals surface area contributed by atoms with Crippen molar-refractivity contribution >= 4 is 16.8 Å². The molecule has 0 bridgehead atoms. The molecule has 1 aliphatic heterocycles. The van der Waals surface area contributed by atoms with E-state index in [1.165, 1.54) is 0 Å². The van der Waals surface area contributed by atoms with E-state index in [0.29, 0.717) is 11.5 Å². The highest BCUT2D eigenvalue weighted by Gasteiger charge is 2.32. The van der Waals surface area contributed by atoms with Crippen LogP contribution >= 0.6 is 0 Å². The van der Waals surface area contributed by atoms with Gasteiger partial charge in [0, 0.05) is 23.6 Å². The number of amides is 1. The van der Waals surface area contributed by atoms with Gasteiger partial charge in [-0.2, -0.15) is 0 Å². The molecule has 2 aromatic carbocycles. The first kappa shape index (κ1) is 20.5. The number of aromatic nitrogens is 1. The fourth-order valence-corrected chi connectivity index (χ4v) is 3.46. The normalized spacial score (nSPS) is 13.5. The lowest BCUT2D eigenvalue weighted by atomic mass is 10.0. The van der Waals surface area contributed by atoms with Crippen molar-refractivity contribution in [1.29, 1.82) is 0 Å². The van der Waals surface area contributed by atoms with Gasteiger partial charge in [-0.15, -0.1) is 0 Å². The zero-order chi connectivity index (χ0) is 21.7. The molecule has 0 fully saturated rings. The molecular formula is C25H24N2O4. The van der Waals surface area contributed by atoms with Crippen molar-refractivity contribution < 1.29 is 19.0 Å². The van der Waals surface area contributed by atoms with Gasteiger partial charge in [0.25, 0.3) is 5.91 Å². The molecule has 158 valence electrons. The number of hydrogen-bond acceptors (Lipinski definition) is 5. The zero-order valence-corrected chi connectivity index (χ0v) is 17.6. The van der Waals surface area contributed by atoms with Gasteiger partial charge in [0.1, 0.15) is 23.5 Å². The fourth-order valence-electron chi connectivity index (χ4n) is 3.46. The molecule has 1 aromatic heterocycles. The van der Waals surface area contributed by atoms with Gasteiger partial charge < -0.3 is 19.5 Å². The number of nitrogens with one attached hydrogen (secondary N) is 1. The first-order chi connectivity index (χ1) is 15.0. The van der Waals surface area contributed by atoms with Crippen LogP contribution in [0.25, 0.3) is 10.9 Å². The number of carbonyl (C=O) groups excluding carboxylic acids is 1. The summed E-state index contributed by atoms with van der Waals surface area (Å²) in [6.07, 6.45) is 2.55. The van der Waals surface area contributed by atoms with Crippen LogP contribution in [0.5, 0.6) is 17.2 Å². The molecule has 1 amide bonds. The Labute approximate surface area is 181 Å². The standard InChI is InChI=1S/C25H24N2O4/c1-25(2)16-19-9-6-12-21(24(19)31-25)30-17-22(28)26-13-3-4-15-29-20-11-5-8-18-10-7-14-27-23(18)20/h5-12,14H,13,15-17H2,1-2H3,(H,26,28). The topological polar surface area (TPSA) is 69.7 Å². The van der Waals surface area contributed by atoms with E-state index in [1.54, 1.807) is 6.20 Å². The predicted octanol–water partition coefficient (Wildman–Crippen LogP) is 3.53. The van der Waals surface area contributed by atoms with E-state index in [0.717, 1.165) is 28.6 Å². The zero-order valence-electron chi connectivity index (χ0n) is 17.6. The van der Waals surface area contributed by atoms with E-state index in [9.17, 15) is 4.79 Å². The Morgan fingerprint density at radius 1 is 1.10 bits per heavy atom. The van der Waals surface area contributed by atoms with Crippen molar-refractivity contribution in [2.45, 2.75) is 25.9 Å². The second kappa shape index (κ2) is 8.97. The quantitative estimate of drug-likeness (QED) is 0.623. The first-order valence-corrected chi connectivity index (χ1v) is 10.1. The molecule has 4 rings (SSSR count). The van der Waals surface area contributed by atoms with Crippen LogP contribution < -0.4 is 19.5 Å². The average molecular weight is 416 g/mol. The van der Waals surface area contributed by atoms with Crippen LogP contribution in [0.3, 0.4) is 0 Å². The van der Waals surface area contributed by atoms with Gasteiger partial charge in [-0.3, -0.25) is 9.78 Å². The number of fused-ring (bicyclic) bond motifs is 2. The van der Waals surface area contributed by atoms with Gasteiger partial charge in [-0.25, -0.2) is 0 Å². The molecule has 6 nitrogen and oxygen atoms in total. The van der Waals surface area contributed by atoms with Crippen LogP contribution in [0.1, 0.15) is 19.4 Å². The third-order valence-corrected chi connectivity index (χ3v) is 4.81. The minimum atomic E-state index is -0.260. The summed E-state index contributed by atoms with van der Waals surface area (Å²) in [4.78, 5) is 16.4. The predicted molar refractivity (Wildman–Crippen MR) is 118 cm³/mol. The minimum Gasteiger partial charge on any atom is -0.483 e. The van der Waals surface area contributed by atoms with Crippen molar-refractivity contribution in [2.24, 2.45) is 0 Å². The number of ether oxygens (including phenoxy) is 3. The van der Waals surface area contributed by atoms with Gasteiger partial charge in [0.15, 0.2) is 18.1 Å². The van der Waals surface area contributed by atoms with E-state index < -0.39 is 0 Å². The van der Waals surface area contributed by atoms with Crippen molar-refractivity contribution in [2.75, 3.05) is 19.8 Å². The maximum absolute atomic E-state index is 12.1. The summed E-state index contributed by atoms with van der Waals surface area (Å²) < 4.78 is 17.3. The number of rotatable bonds is 6. The number of pyridine rings is 1. The van der Waals surface area contributed by atoms with Crippen molar-refractivity contribution in [3.63, 3.8) is 0 Å². The fraction of sp³-hybridized carbons (Fsp3) is 0.280. The maximum atomic E-state index is 12.1. The lowest BCUT2D eigenvalue weighted by Crippen LogP contribution is -2.29. The van der Waals surface area contributed by atoms with E-state index in [1.807, 2.05) is 62.4 Å². The Bertz CT molecular complexity index is 1160. The van der Waals surface area contributed by atoms with Crippen LogP contribution in [-0.2, 0) is 11.2 Å². The van der Waals surface area contributed by atoms with Crippen LogP contribution in [0, 0.1) is 11.8 Å². The highest BCUT2D eigenvalue weighted by Crippen LogP contribution is 2.41. The van der Waals surface area contributed by atoms with E-state index in [4.69, 9.17) is 14.2 Å². The second-order valence-corrected chi connectivity index (χ2v) is 7.82. The third kappa shape index (κ3) is 5.07.